The highest BCUT2D eigenvalue weighted by Crippen LogP contribution is 2.42. The molecule has 0 bridgehead atoms. The molecule has 0 atom stereocenters. The molecule has 47 heavy (non-hydrogen) atoms. The van der Waals surface area contributed by atoms with Crippen LogP contribution in [-0.4, -0.2) is 0 Å². The summed E-state index contributed by atoms with van der Waals surface area (Å²) < 4.78 is 8.81. The Balaban J connectivity index is 1.15. The molecule has 2 heterocycles. The molecule has 220 valence electrons. The topological polar surface area (TPSA) is 16.4 Å². The zero-order chi connectivity index (χ0) is 30.9. The van der Waals surface area contributed by atoms with Crippen molar-refractivity contribution in [2.24, 2.45) is 0 Å². The van der Waals surface area contributed by atoms with Crippen molar-refractivity contribution in [3.63, 3.8) is 0 Å². The molecule has 0 radical (unpaired) electrons. The van der Waals surface area contributed by atoms with Gasteiger partial charge >= 0.3 is 0 Å². The summed E-state index contributed by atoms with van der Waals surface area (Å²) in [6.07, 6.45) is 0. The molecule has 2 aromatic heterocycles. The van der Waals surface area contributed by atoms with E-state index in [0.717, 1.165) is 39.0 Å². The van der Waals surface area contributed by atoms with Gasteiger partial charge in [0, 0.05) is 48.0 Å². The lowest BCUT2D eigenvalue weighted by molar-refractivity contribution is 0.669. The zero-order valence-corrected chi connectivity index (χ0v) is 26.2. The van der Waals surface area contributed by atoms with Crippen molar-refractivity contribution < 1.29 is 4.42 Å². The van der Waals surface area contributed by atoms with Crippen LogP contribution < -0.4 is 4.90 Å². The molecule has 0 amide bonds. The Bertz CT molecular complexity index is 2790. The molecule has 0 fully saturated rings. The standard InChI is InChI=1S/C44H27NOS/c1-2-8-28(9-3-1)29-16-18-32(19-17-29)45(34-21-23-38-37-11-5-7-13-43(37)47-44(38)26-34)33-20-22-35-30(24-33)14-15-31-25-42-40(27-39(31)35)36-10-4-6-12-41(36)46-42/h1-27H. The van der Waals surface area contributed by atoms with Gasteiger partial charge in [-0.3, -0.25) is 0 Å². The number of nitrogens with zero attached hydrogens (tertiary/aromatic N) is 1. The number of anilines is 3. The van der Waals surface area contributed by atoms with E-state index in [1.165, 1.54) is 52.8 Å². The Morgan fingerprint density at radius 2 is 1.00 bits per heavy atom. The second-order valence-corrected chi connectivity index (χ2v) is 13.2. The summed E-state index contributed by atoms with van der Waals surface area (Å²) in [5.74, 6) is 0. The molecule has 10 aromatic rings. The lowest BCUT2D eigenvalue weighted by atomic mass is 9.99. The van der Waals surface area contributed by atoms with Crippen molar-refractivity contribution in [3.8, 4) is 11.1 Å². The minimum atomic E-state index is 0.925. The van der Waals surface area contributed by atoms with Crippen molar-refractivity contribution in [1.29, 1.82) is 0 Å². The normalized spacial score (nSPS) is 11.8. The highest BCUT2D eigenvalue weighted by molar-refractivity contribution is 7.25. The maximum atomic E-state index is 6.20. The maximum absolute atomic E-state index is 6.20. The number of para-hydroxylation sites is 1. The summed E-state index contributed by atoms with van der Waals surface area (Å²) in [4.78, 5) is 2.38. The van der Waals surface area contributed by atoms with Crippen LogP contribution in [0.5, 0.6) is 0 Å². The Hall–Kier alpha value is -5.90. The van der Waals surface area contributed by atoms with Gasteiger partial charge in [0.05, 0.1) is 0 Å². The summed E-state index contributed by atoms with van der Waals surface area (Å²) in [7, 11) is 0. The van der Waals surface area contributed by atoms with E-state index in [4.69, 9.17) is 4.42 Å². The van der Waals surface area contributed by atoms with E-state index in [9.17, 15) is 0 Å². The van der Waals surface area contributed by atoms with Gasteiger partial charge in [-0.05, 0) is 93.3 Å². The van der Waals surface area contributed by atoms with Crippen LogP contribution in [0.2, 0.25) is 0 Å². The second-order valence-electron chi connectivity index (χ2n) is 12.2. The van der Waals surface area contributed by atoms with Crippen LogP contribution >= 0.6 is 11.3 Å². The van der Waals surface area contributed by atoms with Gasteiger partial charge in [0.1, 0.15) is 11.2 Å². The van der Waals surface area contributed by atoms with E-state index < -0.39 is 0 Å². The molecule has 10 rings (SSSR count). The minimum absolute atomic E-state index is 0.925. The van der Waals surface area contributed by atoms with Gasteiger partial charge < -0.3 is 9.32 Å². The molecule has 0 saturated carbocycles. The average molecular weight is 618 g/mol. The third-order valence-electron chi connectivity index (χ3n) is 9.43. The Morgan fingerprint density at radius 1 is 0.362 bits per heavy atom. The van der Waals surface area contributed by atoms with E-state index in [-0.39, 0.29) is 0 Å². The molecule has 2 nitrogen and oxygen atoms in total. The van der Waals surface area contributed by atoms with Gasteiger partial charge in [-0.1, -0.05) is 103 Å². The second kappa shape index (κ2) is 10.3. The summed E-state index contributed by atoms with van der Waals surface area (Å²) in [5, 5.41) is 9.78. The van der Waals surface area contributed by atoms with Gasteiger partial charge in [0.15, 0.2) is 0 Å². The smallest absolute Gasteiger partial charge is 0.136 e. The first-order chi connectivity index (χ1) is 23.3. The first-order valence-corrected chi connectivity index (χ1v) is 16.7. The predicted octanol–water partition coefficient (Wildman–Crippen LogP) is 13.4. The van der Waals surface area contributed by atoms with Gasteiger partial charge in [0.25, 0.3) is 0 Å². The predicted molar refractivity (Wildman–Crippen MR) is 202 cm³/mol. The van der Waals surface area contributed by atoms with Crippen LogP contribution in [0.1, 0.15) is 0 Å². The summed E-state index contributed by atoms with van der Waals surface area (Å²) in [6.45, 7) is 0. The molecule has 0 aliphatic rings. The number of fused-ring (bicyclic) bond motifs is 9. The third-order valence-corrected chi connectivity index (χ3v) is 10.6. The highest BCUT2D eigenvalue weighted by atomic mass is 32.1. The molecule has 0 N–H and O–H groups in total. The van der Waals surface area contributed by atoms with Crippen LogP contribution in [0.3, 0.4) is 0 Å². The SMILES string of the molecule is c1ccc(-c2ccc(N(c3ccc4c(ccc5cc6oc7ccccc7c6cc54)c3)c3ccc4c(c3)sc3ccccc34)cc2)cc1. The Labute approximate surface area is 275 Å². The fraction of sp³-hybridized carbons (Fsp3) is 0. The molecule has 3 heteroatoms. The number of hydrogen-bond donors (Lipinski definition) is 0. The molecule has 8 aromatic carbocycles. The van der Waals surface area contributed by atoms with Gasteiger partial charge in [-0.25, -0.2) is 0 Å². The van der Waals surface area contributed by atoms with Gasteiger partial charge in [0.2, 0.25) is 0 Å². The third kappa shape index (κ3) is 4.25. The monoisotopic (exact) mass is 617 g/mol. The van der Waals surface area contributed by atoms with Crippen LogP contribution in [0.25, 0.3) is 74.8 Å². The highest BCUT2D eigenvalue weighted by Gasteiger charge is 2.17. The average Bonchev–Trinajstić information content (AvgIpc) is 3.69. The molecule has 0 aliphatic heterocycles. The van der Waals surface area contributed by atoms with E-state index >= 15 is 0 Å². The van der Waals surface area contributed by atoms with Crippen LogP contribution in [0.4, 0.5) is 17.1 Å². The van der Waals surface area contributed by atoms with Gasteiger partial charge in [-0.2, -0.15) is 0 Å². The summed E-state index contributed by atoms with van der Waals surface area (Å²) in [6, 6.07) is 59.2. The fourth-order valence-electron chi connectivity index (χ4n) is 7.14. The van der Waals surface area contributed by atoms with Crippen LogP contribution in [0, 0.1) is 0 Å². The van der Waals surface area contributed by atoms with Crippen LogP contribution in [-0.2, 0) is 0 Å². The zero-order valence-electron chi connectivity index (χ0n) is 25.4. The van der Waals surface area contributed by atoms with Crippen molar-refractivity contribution >= 4 is 92.1 Å². The van der Waals surface area contributed by atoms with E-state index in [0.29, 0.717) is 0 Å². The Kier molecular flexibility index (Phi) is 5.78. The van der Waals surface area contributed by atoms with Crippen LogP contribution in [0.15, 0.2) is 168 Å². The number of thiophene rings is 1. The molecule has 0 spiro atoms. The summed E-state index contributed by atoms with van der Waals surface area (Å²) >= 11 is 1.86. The number of rotatable bonds is 4. The first-order valence-electron chi connectivity index (χ1n) is 15.9. The summed E-state index contributed by atoms with van der Waals surface area (Å²) in [5.41, 5.74) is 7.66. The van der Waals surface area contributed by atoms with Crippen molar-refractivity contribution in [2.45, 2.75) is 0 Å². The van der Waals surface area contributed by atoms with E-state index in [2.05, 4.69) is 157 Å². The molecule has 0 aliphatic carbocycles. The lowest BCUT2D eigenvalue weighted by Gasteiger charge is -2.26. The quantitative estimate of drug-likeness (QED) is 0.183. The maximum Gasteiger partial charge on any atom is 0.136 e. The molecular weight excluding hydrogens is 591 g/mol. The first kappa shape index (κ1) is 26.3. The van der Waals surface area contributed by atoms with E-state index in [1.807, 2.05) is 23.5 Å². The van der Waals surface area contributed by atoms with Crippen molar-refractivity contribution in [2.75, 3.05) is 4.90 Å². The number of hydrogen-bond acceptors (Lipinski definition) is 3. The van der Waals surface area contributed by atoms with Gasteiger partial charge in [-0.15, -0.1) is 11.3 Å². The van der Waals surface area contributed by atoms with Crippen molar-refractivity contribution in [1.82, 2.24) is 0 Å². The molecule has 0 unspecified atom stereocenters. The minimum Gasteiger partial charge on any atom is -0.456 e. The molecule has 0 saturated heterocycles. The van der Waals surface area contributed by atoms with Crippen molar-refractivity contribution in [3.05, 3.63) is 164 Å². The Morgan fingerprint density at radius 3 is 1.85 bits per heavy atom. The largest absolute Gasteiger partial charge is 0.456 e. The number of furan rings is 1. The molecular formula is C44H27NOS. The van der Waals surface area contributed by atoms with E-state index in [1.54, 1.807) is 0 Å². The lowest BCUT2D eigenvalue weighted by Crippen LogP contribution is -2.09. The fourth-order valence-corrected chi connectivity index (χ4v) is 8.28. The number of benzene rings is 8.